The molecule has 2 N–H and O–H groups in total. The third-order valence-corrected chi connectivity index (χ3v) is 3.71. The highest BCUT2D eigenvalue weighted by Crippen LogP contribution is 2.20. The van der Waals surface area contributed by atoms with Gasteiger partial charge in [-0.25, -0.2) is 4.79 Å². The van der Waals surface area contributed by atoms with Crippen molar-refractivity contribution in [3.8, 4) is 11.4 Å². The summed E-state index contributed by atoms with van der Waals surface area (Å²) in [7, 11) is 0. The van der Waals surface area contributed by atoms with E-state index in [4.69, 9.17) is 4.52 Å². The van der Waals surface area contributed by atoms with Gasteiger partial charge < -0.3 is 15.2 Å². The van der Waals surface area contributed by atoms with Gasteiger partial charge in [-0.05, 0) is 29.7 Å². The van der Waals surface area contributed by atoms with Crippen molar-refractivity contribution in [2.75, 3.05) is 11.9 Å². The first-order valence-electron chi connectivity index (χ1n) is 8.82. The van der Waals surface area contributed by atoms with Gasteiger partial charge in [-0.1, -0.05) is 61.5 Å². The van der Waals surface area contributed by atoms with Crippen molar-refractivity contribution in [3.05, 3.63) is 66.1 Å². The van der Waals surface area contributed by atoms with Crippen molar-refractivity contribution >= 4 is 23.9 Å². The summed E-state index contributed by atoms with van der Waals surface area (Å²) in [5.41, 5.74) is 2.48. The number of aromatic nitrogens is 2. The summed E-state index contributed by atoms with van der Waals surface area (Å²) in [6.07, 6.45) is 3.68. The van der Waals surface area contributed by atoms with E-state index in [1.165, 1.54) is 0 Å². The predicted molar refractivity (Wildman–Crippen MR) is 107 cm³/mol. The zero-order valence-corrected chi connectivity index (χ0v) is 15.3. The highest BCUT2D eigenvalue weighted by molar-refractivity contribution is 5.89. The second-order valence-electron chi connectivity index (χ2n) is 6.51. The number of hydrogen-bond donors (Lipinski definition) is 2. The van der Waals surface area contributed by atoms with Crippen molar-refractivity contribution in [1.82, 2.24) is 15.5 Å². The van der Waals surface area contributed by atoms with E-state index in [9.17, 15) is 4.79 Å². The van der Waals surface area contributed by atoms with Crippen LogP contribution in [0.25, 0.3) is 23.5 Å². The second-order valence-corrected chi connectivity index (χ2v) is 6.51. The summed E-state index contributed by atoms with van der Waals surface area (Å²) in [5, 5.41) is 9.64. The highest BCUT2D eigenvalue weighted by Gasteiger charge is 2.09. The lowest BCUT2D eigenvalue weighted by molar-refractivity contribution is 0.251. The Kier molecular flexibility index (Phi) is 5.99. The number of amides is 2. The lowest BCUT2D eigenvalue weighted by atomic mass is 10.2. The van der Waals surface area contributed by atoms with E-state index in [-0.39, 0.29) is 6.03 Å². The first kappa shape index (κ1) is 18.4. The van der Waals surface area contributed by atoms with E-state index < -0.39 is 0 Å². The third kappa shape index (κ3) is 5.54. The van der Waals surface area contributed by atoms with Crippen LogP contribution in [0.3, 0.4) is 0 Å². The highest BCUT2D eigenvalue weighted by atomic mass is 16.5. The summed E-state index contributed by atoms with van der Waals surface area (Å²) < 4.78 is 5.28. The van der Waals surface area contributed by atoms with Gasteiger partial charge >= 0.3 is 6.03 Å². The van der Waals surface area contributed by atoms with Gasteiger partial charge in [-0.15, -0.1) is 0 Å². The number of carbonyl (C=O) groups excluding carboxylic acids is 1. The molecule has 0 bridgehead atoms. The fourth-order valence-corrected chi connectivity index (χ4v) is 2.36. The summed E-state index contributed by atoms with van der Waals surface area (Å²) in [5.74, 6) is 1.28. The minimum absolute atomic E-state index is 0.236. The molecule has 6 heteroatoms. The van der Waals surface area contributed by atoms with Gasteiger partial charge in [0.25, 0.3) is 5.89 Å². The number of benzene rings is 2. The molecule has 1 heterocycles. The molecule has 138 valence electrons. The van der Waals surface area contributed by atoms with E-state index in [2.05, 4.69) is 20.8 Å². The minimum atomic E-state index is -0.236. The Morgan fingerprint density at radius 2 is 1.93 bits per heavy atom. The second kappa shape index (κ2) is 8.80. The monoisotopic (exact) mass is 362 g/mol. The molecular formula is C21H22N4O2. The number of urea groups is 1. The quantitative estimate of drug-likeness (QED) is 0.667. The average molecular weight is 362 g/mol. The number of nitrogens with one attached hydrogen (secondary N) is 2. The Morgan fingerprint density at radius 3 is 2.70 bits per heavy atom. The van der Waals surface area contributed by atoms with E-state index in [0.717, 1.165) is 11.1 Å². The van der Waals surface area contributed by atoms with Crippen LogP contribution >= 0.6 is 0 Å². The van der Waals surface area contributed by atoms with Crippen molar-refractivity contribution in [1.29, 1.82) is 0 Å². The Balaban J connectivity index is 1.67. The van der Waals surface area contributed by atoms with Crippen LogP contribution in [-0.4, -0.2) is 22.7 Å². The predicted octanol–water partition coefficient (Wildman–Crippen LogP) is 4.68. The molecule has 0 saturated carbocycles. The Labute approximate surface area is 158 Å². The summed E-state index contributed by atoms with van der Waals surface area (Å²) >= 11 is 0. The maximum absolute atomic E-state index is 11.9. The van der Waals surface area contributed by atoms with Gasteiger partial charge in [0.1, 0.15) is 0 Å². The van der Waals surface area contributed by atoms with Crippen LogP contribution in [-0.2, 0) is 0 Å². The lowest BCUT2D eigenvalue weighted by Crippen LogP contribution is -2.31. The number of carbonyl (C=O) groups is 1. The molecule has 2 aromatic carbocycles. The Morgan fingerprint density at radius 1 is 1.11 bits per heavy atom. The summed E-state index contributed by atoms with van der Waals surface area (Å²) in [6, 6.07) is 17.0. The van der Waals surface area contributed by atoms with Crippen molar-refractivity contribution < 1.29 is 9.32 Å². The third-order valence-electron chi connectivity index (χ3n) is 3.71. The van der Waals surface area contributed by atoms with Gasteiger partial charge in [0.15, 0.2) is 0 Å². The van der Waals surface area contributed by atoms with E-state index in [1.807, 2.05) is 74.5 Å². The molecule has 0 aliphatic carbocycles. The molecule has 0 fully saturated rings. The van der Waals surface area contributed by atoms with Gasteiger partial charge in [0.05, 0.1) is 0 Å². The van der Waals surface area contributed by atoms with Crippen LogP contribution in [0.5, 0.6) is 0 Å². The van der Waals surface area contributed by atoms with Gasteiger partial charge in [0.2, 0.25) is 5.82 Å². The van der Waals surface area contributed by atoms with Crippen LogP contribution in [0.1, 0.15) is 25.3 Å². The van der Waals surface area contributed by atoms with Crippen LogP contribution < -0.4 is 10.6 Å². The molecule has 0 unspecified atom stereocenters. The van der Waals surface area contributed by atoms with E-state index >= 15 is 0 Å². The number of rotatable bonds is 6. The molecule has 0 spiro atoms. The molecule has 1 aromatic heterocycles. The maximum Gasteiger partial charge on any atom is 0.319 e. The largest absolute Gasteiger partial charge is 0.338 e. The van der Waals surface area contributed by atoms with E-state index in [0.29, 0.717) is 29.9 Å². The Hall–Kier alpha value is -3.41. The fourth-order valence-electron chi connectivity index (χ4n) is 2.36. The van der Waals surface area contributed by atoms with Gasteiger partial charge in [-0.3, -0.25) is 0 Å². The first-order valence-corrected chi connectivity index (χ1v) is 8.82. The molecule has 3 aromatic rings. The molecule has 0 aliphatic rings. The zero-order chi connectivity index (χ0) is 19.1. The standard InChI is InChI=1S/C21H22N4O2/c1-15(2)14-22-21(26)23-18-10-6-9-17(13-18)20-24-19(27-25-20)12-11-16-7-4-3-5-8-16/h3-13,15H,14H2,1-2H3,(H2,22,23,26). The topological polar surface area (TPSA) is 80.0 Å². The molecular weight excluding hydrogens is 340 g/mol. The molecule has 27 heavy (non-hydrogen) atoms. The van der Waals surface area contributed by atoms with Crippen LogP contribution in [0.4, 0.5) is 10.5 Å². The molecule has 0 saturated heterocycles. The van der Waals surface area contributed by atoms with Crippen LogP contribution in [0.15, 0.2) is 59.1 Å². The van der Waals surface area contributed by atoms with E-state index in [1.54, 1.807) is 6.08 Å². The van der Waals surface area contributed by atoms with Crippen LogP contribution in [0, 0.1) is 5.92 Å². The summed E-state index contributed by atoms with van der Waals surface area (Å²) in [4.78, 5) is 16.3. The molecule has 2 amide bonds. The summed E-state index contributed by atoms with van der Waals surface area (Å²) in [6.45, 7) is 4.70. The molecule has 3 rings (SSSR count). The number of hydrogen-bond acceptors (Lipinski definition) is 4. The molecule has 0 atom stereocenters. The number of nitrogens with zero attached hydrogens (tertiary/aromatic N) is 2. The Bertz CT molecular complexity index is 917. The first-order chi connectivity index (χ1) is 13.1. The molecule has 0 aliphatic heterocycles. The molecule has 6 nitrogen and oxygen atoms in total. The number of anilines is 1. The van der Waals surface area contributed by atoms with Crippen molar-refractivity contribution in [2.45, 2.75) is 13.8 Å². The fraction of sp³-hybridized carbons (Fsp3) is 0.190. The van der Waals surface area contributed by atoms with Crippen LogP contribution in [0.2, 0.25) is 0 Å². The lowest BCUT2D eigenvalue weighted by Gasteiger charge is -2.09. The smallest absolute Gasteiger partial charge is 0.319 e. The normalized spacial score (nSPS) is 11.1. The SMILES string of the molecule is CC(C)CNC(=O)Nc1cccc(-c2noc(C=Cc3ccccc3)n2)c1. The van der Waals surface area contributed by atoms with Crippen molar-refractivity contribution in [3.63, 3.8) is 0 Å². The average Bonchev–Trinajstić information content (AvgIpc) is 3.15. The van der Waals surface area contributed by atoms with Gasteiger partial charge in [0, 0.05) is 23.9 Å². The minimum Gasteiger partial charge on any atom is -0.338 e. The van der Waals surface area contributed by atoms with Crippen molar-refractivity contribution in [2.24, 2.45) is 5.92 Å². The maximum atomic E-state index is 11.9. The van der Waals surface area contributed by atoms with Gasteiger partial charge in [-0.2, -0.15) is 4.98 Å². The zero-order valence-electron chi connectivity index (χ0n) is 15.3. The molecule has 0 radical (unpaired) electrons.